The van der Waals surface area contributed by atoms with Gasteiger partial charge in [-0.25, -0.2) is 0 Å². The molecule has 4 rings (SSSR count). The van der Waals surface area contributed by atoms with E-state index in [1.165, 1.54) is 27.0 Å². The molecule has 2 aromatic heterocycles. The highest BCUT2D eigenvalue weighted by Crippen LogP contribution is 2.25. The van der Waals surface area contributed by atoms with Gasteiger partial charge in [0.25, 0.3) is 0 Å². The molecule has 162 valence electrons. The number of anilines is 1. The molecule has 0 bridgehead atoms. The summed E-state index contributed by atoms with van der Waals surface area (Å²) in [6, 6.07) is 11.3. The number of aromatic amines is 1. The Labute approximate surface area is 200 Å². The van der Waals surface area contributed by atoms with E-state index < -0.39 is 0 Å². The Kier molecular flexibility index (Phi) is 8.44. The molecule has 7 heteroatoms. The number of H-pyrrole nitrogens is 1. The van der Waals surface area contributed by atoms with E-state index in [2.05, 4.69) is 76.3 Å². The smallest absolute Gasteiger partial charge is 0.191 e. The molecule has 1 aliphatic rings. The van der Waals surface area contributed by atoms with Gasteiger partial charge in [-0.15, -0.1) is 35.3 Å². The molecule has 1 fully saturated rings. The van der Waals surface area contributed by atoms with Gasteiger partial charge in [0.1, 0.15) is 0 Å². The number of nitrogens with zero attached hydrogens (tertiary/aromatic N) is 2. The van der Waals surface area contributed by atoms with Crippen molar-refractivity contribution in [1.82, 2.24) is 15.6 Å². The van der Waals surface area contributed by atoms with Crippen molar-refractivity contribution in [2.24, 2.45) is 4.99 Å². The van der Waals surface area contributed by atoms with E-state index in [0.29, 0.717) is 6.04 Å². The van der Waals surface area contributed by atoms with Gasteiger partial charge in [-0.05, 0) is 61.7 Å². The third kappa shape index (κ3) is 5.49. The largest absolute Gasteiger partial charge is 0.363 e. The Morgan fingerprint density at radius 3 is 2.80 bits per heavy atom. The number of halogens is 1. The summed E-state index contributed by atoms with van der Waals surface area (Å²) >= 11 is 1.83. The zero-order valence-electron chi connectivity index (χ0n) is 17.8. The maximum atomic E-state index is 4.85. The van der Waals surface area contributed by atoms with E-state index >= 15 is 0 Å². The van der Waals surface area contributed by atoms with Crippen LogP contribution in [0.5, 0.6) is 0 Å². The molecule has 0 amide bonds. The fourth-order valence-corrected chi connectivity index (χ4v) is 4.85. The van der Waals surface area contributed by atoms with Gasteiger partial charge < -0.3 is 20.5 Å². The number of fused-ring (bicyclic) bond motifs is 1. The predicted octanol–water partition coefficient (Wildman–Crippen LogP) is 4.92. The number of guanidine groups is 1. The average Bonchev–Trinajstić information content (AvgIpc) is 3.40. The first-order chi connectivity index (χ1) is 14.2. The number of nitrogens with one attached hydrogen (secondary N) is 3. The Hall–Kier alpha value is -1.74. The molecule has 5 nitrogen and oxygen atoms in total. The second-order valence-electron chi connectivity index (χ2n) is 7.68. The summed E-state index contributed by atoms with van der Waals surface area (Å²) in [5.41, 5.74) is 3.88. The molecule has 0 unspecified atom stereocenters. The Morgan fingerprint density at radius 1 is 1.23 bits per heavy atom. The van der Waals surface area contributed by atoms with Crippen molar-refractivity contribution in [1.29, 1.82) is 0 Å². The third-order valence-electron chi connectivity index (χ3n) is 5.66. The molecule has 0 radical (unpaired) electrons. The summed E-state index contributed by atoms with van der Waals surface area (Å²) in [5, 5.41) is 11.9. The highest BCUT2D eigenvalue weighted by molar-refractivity contribution is 14.0. The molecule has 3 heterocycles. The normalized spacial score (nSPS) is 15.3. The number of aryl methyl sites for hydroxylation is 1. The first-order valence-electron chi connectivity index (χ1n) is 10.6. The number of benzene rings is 1. The van der Waals surface area contributed by atoms with E-state index in [4.69, 9.17) is 4.99 Å². The van der Waals surface area contributed by atoms with Gasteiger partial charge in [-0.2, -0.15) is 0 Å². The lowest BCUT2D eigenvalue weighted by Gasteiger charge is -2.33. The molecule has 0 aliphatic carbocycles. The van der Waals surface area contributed by atoms with Crippen LogP contribution in [0.2, 0.25) is 0 Å². The number of para-hydroxylation sites is 1. The van der Waals surface area contributed by atoms with E-state index in [1.807, 2.05) is 11.3 Å². The van der Waals surface area contributed by atoms with E-state index in [9.17, 15) is 0 Å². The van der Waals surface area contributed by atoms with Crippen LogP contribution in [-0.2, 0) is 6.42 Å². The van der Waals surface area contributed by atoms with Gasteiger partial charge in [0.2, 0.25) is 0 Å². The van der Waals surface area contributed by atoms with Gasteiger partial charge in [-0.3, -0.25) is 4.99 Å². The van der Waals surface area contributed by atoms with Crippen molar-refractivity contribution in [3.63, 3.8) is 0 Å². The van der Waals surface area contributed by atoms with Crippen LogP contribution in [0.4, 0.5) is 5.00 Å². The summed E-state index contributed by atoms with van der Waals surface area (Å²) in [5.74, 6) is 0.943. The van der Waals surface area contributed by atoms with Crippen LogP contribution >= 0.6 is 35.3 Å². The zero-order chi connectivity index (χ0) is 20.1. The third-order valence-corrected chi connectivity index (χ3v) is 6.59. The van der Waals surface area contributed by atoms with Crippen LogP contribution in [0.25, 0.3) is 10.9 Å². The van der Waals surface area contributed by atoms with E-state index in [0.717, 1.165) is 51.4 Å². The Balaban J connectivity index is 0.00000256. The fraction of sp³-hybridized carbons (Fsp3) is 0.435. The summed E-state index contributed by atoms with van der Waals surface area (Å²) in [4.78, 5) is 10.8. The van der Waals surface area contributed by atoms with Crippen LogP contribution < -0.4 is 15.5 Å². The minimum Gasteiger partial charge on any atom is -0.363 e. The highest BCUT2D eigenvalue weighted by atomic mass is 127. The molecule has 1 aromatic carbocycles. The van der Waals surface area contributed by atoms with Crippen LogP contribution in [0.15, 0.2) is 46.9 Å². The fourth-order valence-electron chi connectivity index (χ4n) is 4.07. The summed E-state index contributed by atoms with van der Waals surface area (Å²) in [7, 11) is 0. The molecule has 3 aromatic rings. The minimum absolute atomic E-state index is 0. The number of aromatic nitrogens is 1. The summed E-state index contributed by atoms with van der Waals surface area (Å²) in [6.07, 6.45) is 5.36. The number of rotatable bonds is 6. The summed E-state index contributed by atoms with van der Waals surface area (Å²) in [6.45, 7) is 8.14. The summed E-state index contributed by atoms with van der Waals surface area (Å²) < 4.78 is 0. The van der Waals surface area contributed by atoms with Crippen molar-refractivity contribution in [2.45, 2.75) is 39.2 Å². The van der Waals surface area contributed by atoms with Gasteiger partial charge >= 0.3 is 0 Å². The molecule has 1 aliphatic heterocycles. The molecular formula is C23H32IN5S. The second-order valence-corrected chi connectivity index (χ2v) is 8.61. The van der Waals surface area contributed by atoms with Gasteiger partial charge in [0.15, 0.2) is 5.96 Å². The Bertz CT molecular complexity index is 942. The number of piperidine rings is 1. The number of thiophene rings is 1. The van der Waals surface area contributed by atoms with E-state index in [1.54, 1.807) is 0 Å². The second kappa shape index (κ2) is 11.0. The maximum Gasteiger partial charge on any atom is 0.191 e. The minimum atomic E-state index is 0. The van der Waals surface area contributed by atoms with Gasteiger partial charge in [0.05, 0.1) is 5.00 Å². The van der Waals surface area contributed by atoms with Crippen molar-refractivity contribution >= 4 is 57.2 Å². The molecule has 0 spiro atoms. The molecule has 0 atom stereocenters. The lowest BCUT2D eigenvalue weighted by atomic mass is 10.1. The van der Waals surface area contributed by atoms with E-state index in [-0.39, 0.29) is 24.0 Å². The van der Waals surface area contributed by atoms with Crippen molar-refractivity contribution in [3.05, 3.63) is 53.0 Å². The monoisotopic (exact) mass is 537 g/mol. The average molecular weight is 538 g/mol. The number of hydrogen-bond donors (Lipinski definition) is 3. The quantitative estimate of drug-likeness (QED) is 0.238. The lowest BCUT2D eigenvalue weighted by molar-refractivity contribution is 0.463. The highest BCUT2D eigenvalue weighted by Gasteiger charge is 2.20. The maximum absolute atomic E-state index is 4.85. The van der Waals surface area contributed by atoms with Crippen molar-refractivity contribution < 1.29 is 0 Å². The SMILES string of the molecule is CCNC(=NCCc1c[nH]c2c(C)cccc12)NC1CCN(c2cccs2)CC1.I. The standard InChI is InChI=1S/C23H31N5S.HI/c1-3-24-23(27-19-10-13-28(14-11-19)21-8-5-15-29-21)25-12-9-18-16-26-22-17(2)6-4-7-20(18)22;/h4-8,15-16,19,26H,3,9-14H2,1-2H3,(H2,24,25,27);1H. The molecule has 0 saturated carbocycles. The topological polar surface area (TPSA) is 55.5 Å². The molecular weight excluding hydrogens is 505 g/mol. The van der Waals surface area contributed by atoms with Crippen LogP contribution in [0.1, 0.15) is 30.9 Å². The van der Waals surface area contributed by atoms with Crippen molar-refractivity contribution in [3.8, 4) is 0 Å². The van der Waals surface area contributed by atoms with Gasteiger partial charge in [0, 0.05) is 49.3 Å². The lowest BCUT2D eigenvalue weighted by Crippen LogP contribution is -2.48. The van der Waals surface area contributed by atoms with Crippen LogP contribution in [0, 0.1) is 6.92 Å². The predicted molar refractivity (Wildman–Crippen MR) is 141 cm³/mol. The van der Waals surface area contributed by atoms with Gasteiger partial charge in [-0.1, -0.05) is 18.2 Å². The molecule has 3 N–H and O–H groups in total. The van der Waals surface area contributed by atoms with Crippen LogP contribution in [-0.4, -0.2) is 43.2 Å². The molecule has 30 heavy (non-hydrogen) atoms. The zero-order valence-corrected chi connectivity index (χ0v) is 20.9. The van der Waals surface area contributed by atoms with Crippen LogP contribution in [0.3, 0.4) is 0 Å². The Morgan fingerprint density at radius 2 is 2.07 bits per heavy atom. The number of aliphatic imine (C=N–C) groups is 1. The number of hydrogen-bond acceptors (Lipinski definition) is 3. The first kappa shape index (κ1) is 22.9. The first-order valence-corrected chi connectivity index (χ1v) is 11.5. The van der Waals surface area contributed by atoms with Crippen molar-refractivity contribution in [2.75, 3.05) is 31.1 Å². The molecule has 1 saturated heterocycles.